The molecule has 0 heterocycles. The number of ether oxygens (including phenoxy) is 1. The number of benzene rings is 1. The molecular formula is C11H11BrN2O2. The van der Waals surface area contributed by atoms with Gasteiger partial charge in [-0.05, 0) is 18.2 Å². The van der Waals surface area contributed by atoms with E-state index in [9.17, 15) is 4.79 Å². The molecule has 0 spiro atoms. The van der Waals surface area contributed by atoms with Crippen molar-refractivity contribution in [2.24, 2.45) is 0 Å². The highest BCUT2D eigenvalue weighted by Crippen LogP contribution is 2.22. The smallest absolute Gasteiger partial charge is 0.234 e. The second-order valence-corrected chi connectivity index (χ2v) is 3.98. The molecule has 1 amide bonds. The zero-order chi connectivity index (χ0) is 12.0. The Morgan fingerprint density at radius 2 is 2.38 bits per heavy atom. The van der Waals surface area contributed by atoms with Crippen LogP contribution in [0.15, 0.2) is 22.7 Å². The van der Waals surface area contributed by atoms with E-state index in [4.69, 9.17) is 10.00 Å². The lowest BCUT2D eigenvalue weighted by atomic mass is 10.2. The summed E-state index contributed by atoms with van der Waals surface area (Å²) in [5.74, 6) is 0.421. The van der Waals surface area contributed by atoms with E-state index in [1.165, 1.54) is 0 Å². The fraction of sp³-hybridized carbons (Fsp3) is 0.273. The highest BCUT2D eigenvalue weighted by Gasteiger charge is 2.05. The van der Waals surface area contributed by atoms with E-state index in [0.717, 1.165) is 10.0 Å². The third-order valence-electron chi connectivity index (χ3n) is 1.96. The van der Waals surface area contributed by atoms with Crippen molar-refractivity contribution in [2.45, 2.75) is 13.0 Å². The Balaban J connectivity index is 2.69. The number of rotatable bonds is 4. The maximum absolute atomic E-state index is 11.1. The van der Waals surface area contributed by atoms with Crippen molar-refractivity contribution in [2.75, 3.05) is 7.11 Å². The summed E-state index contributed by atoms with van der Waals surface area (Å²) < 4.78 is 6.07. The molecule has 0 bridgehead atoms. The normalized spacial score (nSPS) is 9.31. The van der Waals surface area contributed by atoms with E-state index in [2.05, 4.69) is 21.2 Å². The highest BCUT2D eigenvalue weighted by molar-refractivity contribution is 9.10. The van der Waals surface area contributed by atoms with Crippen molar-refractivity contribution in [1.29, 1.82) is 5.26 Å². The zero-order valence-electron chi connectivity index (χ0n) is 8.79. The van der Waals surface area contributed by atoms with E-state index in [1.807, 2.05) is 18.2 Å². The van der Waals surface area contributed by atoms with Crippen molar-refractivity contribution in [1.82, 2.24) is 5.32 Å². The van der Waals surface area contributed by atoms with Crippen molar-refractivity contribution in [3.8, 4) is 11.8 Å². The van der Waals surface area contributed by atoms with Crippen LogP contribution in [-0.4, -0.2) is 13.0 Å². The van der Waals surface area contributed by atoms with E-state index in [0.29, 0.717) is 12.3 Å². The summed E-state index contributed by atoms with van der Waals surface area (Å²) in [5.41, 5.74) is 0.864. The van der Waals surface area contributed by atoms with Gasteiger partial charge in [-0.25, -0.2) is 0 Å². The molecule has 0 aliphatic heterocycles. The van der Waals surface area contributed by atoms with Gasteiger partial charge >= 0.3 is 0 Å². The topological polar surface area (TPSA) is 62.1 Å². The van der Waals surface area contributed by atoms with Crippen molar-refractivity contribution in [3.05, 3.63) is 28.2 Å². The maximum atomic E-state index is 11.1. The van der Waals surface area contributed by atoms with Gasteiger partial charge in [-0.2, -0.15) is 5.26 Å². The number of halogens is 1. The monoisotopic (exact) mass is 282 g/mol. The van der Waals surface area contributed by atoms with Crippen molar-refractivity contribution < 1.29 is 9.53 Å². The van der Waals surface area contributed by atoms with Crippen LogP contribution in [0.1, 0.15) is 12.0 Å². The Labute approximate surface area is 102 Å². The molecule has 0 aromatic heterocycles. The first-order valence-corrected chi connectivity index (χ1v) is 5.42. The minimum absolute atomic E-state index is 0.129. The molecule has 5 heteroatoms. The molecule has 16 heavy (non-hydrogen) atoms. The van der Waals surface area contributed by atoms with Gasteiger partial charge in [0.15, 0.2) is 0 Å². The van der Waals surface area contributed by atoms with Crippen LogP contribution >= 0.6 is 15.9 Å². The van der Waals surface area contributed by atoms with Crippen molar-refractivity contribution in [3.63, 3.8) is 0 Å². The molecule has 0 saturated heterocycles. The van der Waals surface area contributed by atoms with Gasteiger partial charge in [0, 0.05) is 16.6 Å². The maximum Gasteiger partial charge on any atom is 0.234 e. The van der Waals surface area contributed by atoms with Crippen LogP contribution in [-0.2, 0) is 11.3 Å². The molecule has 1 aromatic carbocycles. The Morgan fingerprint density at radius 1 is 1.62 bits per heavy atom. The molecule has 1 rings (SSSR count). The summed E-state index contributed by atoms with van der Waals surface area (Å²) in [7, 11) is 1.57. The standard InChI is InChI=1S/C11H11BrN2O2/c1-16-10-3-2-9(12)6-8(10)7-14-11(15)4-5-13/h2-3,6H,4,7H2,1H3,(H,14,15). The summed E-state index contributed by atoms with van der Waals surface area (Å²) in [5, 5.41) is 11.0. The number of carbonyl (C=O) groups excluding carboxylic acids is 1. The molecule has 1 N–H and O–H groups in total. The van der Waals surface area contributed by atoms with Crippen LogP contribution in [0.4, 0.5) is 0 Å². The Bertz CT molecular complexity index is 426. The lowest BCUT2D eigenvalue weighted by Crippen LogP contribution is -2.22. The van der Waals surface area contributed by atoms with Crippen LogP contribution in [0, 0.1) is 11.3 Å². The van der Waals surface area contributed by atoms with E-state index < -0.39 is 0 Å². The van der Waals surface area contributed by atoms with Gasteiger partial charge in [0.1, 0.15) is 12.2 Å². The average molecular weight is 283 g/mol. The molecule has 0 radical (unpaired) electrons. The minimum atomic E-state index is -0.287. The van der Waals surface area contributed by atoms with Gasteiger partial charge in [-0.15, -0.1) is 0 Å². The number of methoxy groups -OCH3 is 1. The average Bonchev–Trinajstić information content (AvgIpc) is 2.27. The number of nitriles is 1. The number of nitrogens with one attached hydrogen (secondary N) is 1. The lowest BCUT2D eigenvalue weighted by Gasteiger charge is -2.09. The molecule has 0 aliphatic carbocycles. The SMILES string of the molecule is COc1ccc(Br)cc1CNC(=O)CC#N. The van der Waals surface area contributed by atoms with Crippen LogP contribution in [0.5, 0.6) is 5.75 Å². The van der Waals surface area contributed by atoms with Crippen LogP contribution in [0.2, 0.25) is 0 Å². The fourth-order valence-electron chi connectivity index (χ4n) is 1.21. The van der Waals surface area contributed by atoms with E-state index >= 15 is 0 Å². The number of carbonyl (C=O) groups is 1. The molecule has 4 nitrogen and oxygen atoms in total. The summed E-state index contributed by atoms with van der Waals surface area (Å²) in [6.07, 6.45) is -0.129. The zero-order valence-corrected chi connectivity index (χ0v) is 10.4. The number of amides is 1. The predicted molar refractivity (Wildman–Crippen MR) is 62.8 cm³/mol. The Kier molecular flexibility index (Phi) is 4.80. The third-order valence-corrected chi connectivity index (χ3v) is 2.45. The first-order chi connectivity index (χ1) is 7.67. The van der Waals surface area contributed by atoms with Crippen LogP contribution < -0.4 is 10.1 Å². The van der Waals surface area contributed by atoms with Gasteiger partial charge in [0.05, 0.1) is 13.2 Å². The largest absolute Gasteiger partial charge is 0.496 e. The van der Waals surface area contributed by atoms with E-state index in [-0.39, 0.29) is 12.3 Å². The van der Waals surface area contributed by atoms with Crippen LogP contribution in [0.25, 0.3) is 0 Å². The second-order valence-electron chi connectivity index (χ2n) is 3.07. The highest BCUT2D eigenvalue weighted by atomic mass is 79.9. The summed E-state index contributed by atoms with van der Waals surface area (Å²) >= 11 is 3.34. The molecule has 84 valence electrons. The number of hydrogen-bond acceptors (Lipinski definition) is 3. The predicted octanol–water partition coefficient (Wildman–Crippen LogP) is 1.99. The third kappa shape index (κ3) is 3.55. The summed E-state index contributed by atoms with van der Waals surface area (Å²) in [6, 6.07) is 7.33. The van der Waals surface area contributed by atoms with Gasteiger partial charge < -0.3 is 10.1 Å². The first-order valence-electron chi connectivity index (χ1n) is 4.63. The quantitative estimate of drug-likeness (QED) is 0.919. The summed E-state index contributed by atoms with van der Waals surface area (Å²) in [6.45, 7) is 0.350. The van der Waals surface area contributed by atoms with Gasteiger partial charge in [0.2, 0.25) is 5.91 Å². The Morgan fingerprint density at radius 3 is 3.00 bits per heavy atom. The van der Waals surface area contributed by atoms with Gasteiger partial charge in [0.25, 0.3) is 0 Å². The minimum Gasteiger partial charge on any atom is -0.496 e. The molecule has 0 unspecified atom stereocenters. The molecule has 0 aliphatic rings. The van der Waals surface area contributed by atoms with E-state index in [1.54, 1.807) is 13.2 Å². The molecule has 1 aromatic rings. The number of nitrogens with zero attached hydrogens (tertiary/aromatic N) is 1. The molecular weight excluding hydrogens is 272 g/mol. The van der Waals surface area contributed by atoms with Gasteiger partial charge in [-0.3, -0.25) is 4.79 Å². The summed E-state index contributed by atoms with van der Waals surface area (Å²) in [4.78, 5) is 11.1. The number of hydrogen-bond donors (Lipinski definition) is 1. The fourth-order valence-corrected chi connectivity index (χ4v) is 1.62. The Hall–Kier alpha value is -1.54. The molecule has 0 fully saturated rings. The van der Waals surface area contributed by atoms with Crippen LogP contribution in [0.3, 0.4) is 0 Å². The first kappa shape index (κ1) is 12.5. The molecule has 0 saturated carbocycles. The molecule has 0 atom stereocenters. The van der Waals surface area contributed by atoms with Crippen molar-refractivity contribution >= 4 is 21.8 Å². The van der Waals surface area contributed by atoms with Gasteiger partial charge in [-0.1, -0.05) is 15.9 Å². The lowest BCUT2D eigenvalue weighted by molar-refractivity contribution is -0.120. The second kappa shape index (κ2) is 6.13.